The van der Waals surface area contributed by atoms with Crippen LogP contribution in [0.4, 0.5) is 0 Å². The average molecular weight is 384 g/mol. The van der Waals surface area contributed by atoms with Gasteiger partial charge in [-0.3, -0.25) is 4.79 Å². The standard InChI is InChI=1S/C17H24N2O6S/c1-4-19(5-2)26(23,24)14-10-13(7-6-12(14)3)15(20)18-17(16(21)22)8-9-25-11-17/h6-7,10H,4-5,8-9,11H2,1-3H3,(H,18,20)(H,21,22). The van der Waals surface area contributed by atoms with Gasteiger partial charge in [0, 0.05) is 31.7 Å². The lowest BCUT2D eigenvalue weighted by atomic mass is 9.98. The van der Waals surface area contributed by atoms with Gasteiger partial charge >= 0.3 is 5.97 Å². The Morgan fingerprint density at radius 1 is 1.31 bits per heavy atom. The van der Waals surface area contributed by atoms with E-state index in [2.05, 4.69) is 5.32 Å². The van der Waals surface area contributed by atoms with Crippen molar-refractivity contribution in [2.24, 2.45) is 0 Å². The highest BCUT2D eigenvalue weighted by molar-refractivity contribution is 7.89. The second-order valence-electron chi connectivity index (χ2n) is 6.21. The molecule has 1 aromatic carbocycles. The molecule has 1 aromatic rings. The number of aliphatic carboxylic acids is 1. The highest BCUT2D eigenvalue weighted by Crippen LogP contribution is 2.23. The third-order valence-electron chi connectivity index (χ3n) is 4.56. The van der Waals surface area contributed by atoms with Gasteiger partial charge in [0.1, 0.15) is 0 Å². The number of sulfonamides is 1. The zero-order chi connectivity index (χ0) is 19.5. The van der Waals surface area contributed by atoms with Gasteiger partial charge in [-0.15, -0.1) is 0 Å². The maximum atomic E-state index is 12.8. The molecule has 2 N–H and O–H groups in total. The van der Waals surface area contributed by atoms with Crippen LogP contribution in [0.2, 0.25) is 0 Å². The summed E-state index contributed by atoms with van der Waals surface area (Å²) < 4.78 is 32.0. The van der Waals surface area contributed by atoms with Crippen LogP contribution in [-0.2, 0) is 19.6 Å². The molecule has 0 bridgehead atoms. The molecule has 0 spiro atoms. The highest BCUT2D eigenvalue weighted by Gasteiger charge is 2.44. The number of carboxylic acids is 1. The number of rotatable bonds is 7. The lowest BCUT2D eigenvalue weighted by Gasteiger charge is -2.24. The number of carbonyl (C=O) groups excluding carboxylic acids is 1. The summed E-state index contributed by atoms with van der Waals surface area (Å²) in [6.07, 6.45) is 0.157. The Hall–Kier alpha value is -1.97. The Labute approximate surface area is 153 Å². The fraction of sp³-hybridized carbons (Fsp3) is 0.529. The quantitative estimate of drug-likeness (QED) is 0.725. The lowest BCUT2D eigenvalue weighted by Crippen LogP contribution is -2.55. The molecule has 1 atom stereocenters. The molecule has 1 aliphatic rings. The van der Waals surface area contributed by atoms with E-state index in [-0.39, 0.29) is 30.1 Å². The molecule has 0 aliphatic carbocycles. The average Bonchev–Trinajstić information content (AvgIpc) is 3.05. The van der Waals surface area contributed by atoms with E-state index in [4.69, 9.17) is 4.74 Å². The molecule has 1 fully saturated rings. The minimum Gasteiger partial charge on any atom is -0.479 e. The SMILES string of the molecule is CCN(CC)S(=O)(=O)c1cc(C(=O)NC2(C(=O)O)CCOC2)ccc1C. The summed E-state index contributed by atoms with van der Waals surface area (Å²) in [5, 5.41) is 11.9. The summed E-state index contributed by atoms with van der Waals surface area (Å²) in [7, 11) is -3.73. The van der Waals surface area contributed by atoms with Crippen LogP contribution in [0.5, 0.6) is 0 Å². The maximum Gasteiger partial charge on any atom is 0.331 e. The minimum atomic E-state index is -3.73. The first-order valence-corrected chi connectivity index (χ1v) is 9.86. The van der Waals surface area contributed by atoms with Crippen molar-refractivity contribution in [3.05, 3.63) is 29.3 Å². The van der Waals surface area contributed by atoms with Crippen LogP contribution >= 0.6 is 0 Å². The largest absolute Gasteiger partial charge is 0.479 e. The Morgan fingerprint density at radius 3 is 2.46 bits per heavy atom. The van der Waals surface area contributed by atoms with E-state index in [1.54, 1.807) is 26.8 Å². The number of nitrogens with one attached hydrogen (secondary N) is 1. The molecule has 2 rings (SSSR count). The highest BCUT2D eigenvalue weighted by atomic mass is 32.2. The van der Waals surface area contributed by atoms with Gasteiger partial charge in [0.05, 0.1) is 11.5 Å². The van der Waals surface area contributed by atoms with Gasteiger partial charge in [-0.2, -0.15) is 4.31 Å². The number of nitrogens with zero attached hydrogens (tertiary/aromatic N) is 1. The molecule has 1 saturated heterocycles. The third-order valence-corrected chi connectivity index (χ3v) is 6.75. The predicted octanol–water partition coefficient (Wildman–Crippen LogP) is 0.999. The summed E-state index contributed by atoms with van der Waals surface area (Å²) in [6.45, 7) is 5.88. The van der Waals surface area contributed by atoms with Gasteiger partial charge in [0.15, 0.2) is 5.54 Å². The van der Waals surface area contributed by atoms with Gasteiger partial charge < -0.3 is 15.2 Å². The van der Waals surface area contributed by atoms with Crippen LogP contribution in [0.15, 0.2) is 23.1 Å². The number of benzene rings is 1. The van der Waals surface area contributed by atoms with Gasteiger partial charge in [0.25, 0.3) is 5.91 Å². The predicted molar refractivity (Wildman–Crippen MR) is 94.6 cm³/mol. The molecule has 1 unspecified atom stereocenters. The zero-order valence-corrected chi connectivity index (χ0v) is 15.9. The van der Waals surface area contributed by atoms with E-state index in [1.165, 1.54) is 16.4 Å². The van der Waals surface area contributed by atoms with E-state index in [9.17, 15) is 23.1 Å². The molecule has 9 heteroatoms. The topological polar surface area (TPSA) is 113 Å². The van der Waals surface area contributed by atoms with Crippen LogP contribution in [0.3, 0.4) is 0 Å². The first-order valence-electron chi connectivity index (χ1n) is 8.42. The zero-order valence-electron chi connectivity index (χ0n) is 15.1. The van der Waals surface area contributed by atoms with Crippen molar-refractivity contribution in [3.8, 4) is 0 Å². The fourth-order valence-electron chi connectivity index (χ4n) is 2.90. The van der Waals surface area contributed by atoms with E-state index in [1.807, 2.05) is 0 Å². The third kappa shape index (κ3) is 3.74. The van der Waals surface area contributed by atoms with Crippen LogP contribution in [0, 0.1) is 6.92 Å². The van der Waals surface area contributed by atoms with Crippen LogP contribution in [-0.4, -0.2) is 61.5 Å². The van der Waals surface area contributed by atoms with Crippen molar-refractivity contribution in [1.82, 2.24) is 9.62 Å². The summed E-state index contributed by atoms with van der Waals surface area (Å²) in [5.74, 6) is -1.82. The molecule has 26 heavy (non-hydrogen) atoms. The fourth-order valence-corrected chi connectivity index (χ4v) is 4.61. The number of carbonyl (C=O) groups is 2. The molecule has 0 radical (unpaired) electrons. The summed E-state index contributed by atoms with van der Waals surface area (Å²) >= 11 is 0. The monoisotopic (exact) mass is 384 g/mol. The van der Waals surface area contributed by atoms with Crippen molar-refractivity contribution in [2.75, 3.05) is 26.3 Å². The summed E-state index contributed by atoms with van der Waals surface area (Å²) in [4.78, 5) is 24.2. The van der Waals surface area contributed by atoms with E-state index < -0.39 is 27.4 Å². The maximum absolute atomic E-state index is 12.8. The van der Waals surface area contributed by atoms with E-state index >= 15 is 0 Å². The van der Waals surface area contributed by atoms with Crippen molar-refractivity contribution in [1.29, 1.82) is 0 Å². The van der Waals surface area contributed by atoms with Gasteiger partial charge in [-0.1, -0.05) is 19.9 Å². The molecular weight excluding hydrogens is 360 g/mol. The van der Waals surface area contributed by atoms with E-state index in [0.717, 1.165) is 0 Å². The van der Waals surface area contributed by atoms with Crippen molar-refractivity contribution >= 4 is 21.9 Å². The van der Waals surface area contributed by atoms with Crippen LogP contribution in [0.25, 0.3) is 0 Å². The summed E-state index contributed by atoms with van der Waals surface area (Å²) in [6, 6.07) is 4.32. The van der Waals surface area contributed by atoms with Gasteiger partial charge in [-0.25, -0.2) is 13.2 Å². The van der Waals surface area contributed by atoms with Gasteiger partial charge in [-0.05, 0) is 24.6 Å². The first-order chi connectivity index (χ1) is 12.2. The molecular formula is C17H24N2O6S. The molecule has 8 nitrogen and oxygen atoms in total. The minimum absolute atomic E-state index is 0.0425. The number of hydrogen-bond acceptors (Lipinski definition) is 5. The molecule has 144 valence electrons. The molecule has 1 aliphatic heterocycles. The smallest absolute Gasteiger partial charge is 0.331 e. The first kappa shape index (κ1) is 20.3. The normalized spacial score (nSPS) is 20.3. The van der Waals surface area contributed by atoms with Crippen molar-refractivity contribution in [2.45, 2.75) is 37.6 Å². The Balaban J connectivity index is 2.37. The van der Waals surface area contributed by atoms with Crippen molar-refractivity contribution in [3.63, 3.8) is 0 Å². The Morgan fingerprint density at radius 2 is 1.96 bits per heavy atom. The van der Waals surface area contributed by atoms with E-state index in [0.29, 0.717) is 18.7 Å². The number of aryl methyl sites for hydroxylation is 1. The lowest BCUT2D eigenvalue weighted by molar-refractivity contribution is -0.144. The van der Waals surface area contributed by atoms with Crippen LogP contribution < -0.4 is 5.32 Å². The number of hydrogen-bond donors (Lipinski definition) is 2. The second kappa shape index (κ2) is 7.73. The molecule has 0 aromatic heterocycles. The van der Waals surface area contributed by atoms with Crippen molar-refractivity contribution < 1.29 is 27.9 Å². The Bertz CT molecular complexity index is 795. The molecule has 1 heterocycles. The van der Waals surface area contributed by atoms with Crippen LogP contribution in [0.1, 0.15) is 36.2 Å². The Kier molecular flexibility index (Phi) is 6.05. The summed E-state index contributed by atoms with van der Waals surface area (Å²) in [5.41, 5.74) is -0.876. The number of amides is 1. The molecule has 0 saturated carbocycles. The number of ether oxygens (including phenoxy) is 1. The molecule has 1 amide bonds. The van der Waals surface area contributed by atoms with Gasteiger partial charge in [0.2, 0.25) is 10.0 Å². The number of carboxylic acid groups (broad SMARTS) is 1. The second-order valence-corrected chi connectivity index (χ2v) is 8.12.